The second kappa shape index (κ2) is 7.47. The number of carboxylic acids is 1. The number of hydrogen-bond donors (Lipinski definition) is 1. The predicted octanol–water partition coefficient (Wildman–Crippen LogP) is 0.986. The van der Waals surface area contributed by atoms with E-state index in [2.05, 4.69) is 5.10 Å². The first-order valence-electron chi connectivity index (χ1n) is 6.03. The van der Waals surface area contributed by atoms with Gasteiger partial charge in [-0.15, -0.1) is 0 Å². The number of aromatic nitrogens is 2. The van der Waals surface area contributed by atoms with Gasteiger partial charge in [0, 0.05) is 38.8 Å². The highest BCUT2D eigenvalue weighted by Crippen LogP contribution is 2.02. The van der Waals surface area contributed by atoms with Gasteiger partial charge in [0.2, 0.25) is 5.91 Å². The van der Waals surface area contributed by atoms with Crippen LogP contribution in [-0.4, -0.2) is 45.3 Å². The van der Waals surface area contributed by atoms with Gasteiger partial charge in [0.15, 0.2) is 0 Å². The molecular weight excluding hydrogens is 234 g/mol. The third-order valence-electron chi connectivity index (χ3n) is 2.68. The van der Waals surface area contributed by atoms with Crippen LogP contribution >= 0.6 is 0 Å². The van der Waals surface area contributed by atoms with Gasteiger partial charge in [0.1, 0.15) is 0 Å². The van der Waals surface area contributed by atoms with E-state index in [0.717, 1.165) is 0 Å². The maximum absolute atomic E-state index is 11.7. The summed E-state index contributed by atoms with van der Waals surface area (Å²) in [5.74, 6) is -0.762. The Kier molecular flexibility index (Phi) is 5.90. The number of hydrogen-bond acceptors (Lipinski definition) is 3. The van der Waals surface area contributed by atoms with Crippen molar-refractivity contribution in [1.29, 1.82) is 0 Å². The van der Waals surface area contributed by atoms with Crippen molar-refractivity contribution in [1.82, 2.24) is 14.7 Å². The first-order chi connectivity index (χ1) is 8.59. The summed E-state index contributed by atoms with van der Waals surface area (Å²) in [6, 6.07) is 1.84. The van der Waals surface area contributed by atoms with Gasteiger partial charge in [0.05, 0.1) is 6.54 Å². The quantitative estimate of drug-likeness (QED) is 0.701. The fourth-order valence-corrected chi connectivity index (χ4v) is 1.55. The smallest absolute Gasteiger partial charge is 0.303 e. The first kappa shape index (κ1) is 14.2. The summed E-state index contributed by atoms with van der Waals surface area (Å²) in [4.78, 5) is 23.7. The van der Waals surface area contributed by atoms with Gasteiger partial charge in [-0.05, 0) is 18.9 Å². The Balaban J connectivity index is 2.14. The van der Waals surface area contributed by atoms with Crippen molar-refractivity contribution < 1.29 is 14.7 Å². The van der Waals surface area contributed by atoms with Crippen LogP contribution in [0, 0.1) is 0 Å². The normalized spacial score (nSPS) is 10.3. The molecule has 1 N–H and O–H groups in total. The Bertz CT molecular complexity index is 376. The van der Waals surface area contributed by atoms with E-state index < -0.39 is 5.97 Å². The van der Waals surface area contributed by atoms with Gasteiger partial charge in [-0.25, -0.2) is 0 Å². The number of amides is 1. The molecule has 6 nitrogen and oxygen atoms in total. The van der Waals surface area contributed by atoms with Gasteiger partial charge < -0.3 is 10.0 Å². The number of nitrogens with zero attached hydrogens (tertiary/aromatic N) is 3. The highest BCUT2D eigenvalue weighted by Gasteiger charge is 2.08. The zero-order chi connectivity index (χ0) is 13.4. The summed E-state index contributed by atoms with van der Waals surface area (Å²) in [6.45, 7) is 1.28. The van der Waals surface area contributed by atoms with Crippen molar-refractivity contribution in [2.75, 3.05) is 13.6 Å². The van der Waals surface area contributed by atoms with Gasteiger partial charge in [-0.3, -0.25) is 14.3 Å². The van der Waals surface area contributed by atoms with Crippen LogP contribution in [-0.2, 0) is 16.1 Å². The molecule has 1 amide bonds. The minimum absolute atomic E-state index is 0.0487. The molecule has 0 aliphatic rings. The molecule has 0 aliphatic heterocycles. The fraction of sp³-hybridized carbons (Fsp3) is 0.583. The molecule has 0 bridgehead atoms. The van der Waals surface area contributed by atoms with Crippen molar-refractivity contribution in [2.24, 2.45) is 0 Å². The van der Waals surface area contributed by atoms with E-state index in [1.165, 1.54) is 0 Å². The topological polar surface area (TPSA) is 75.4 Å². The molecule has 0 fully saturated rings. The standard InChI is InChI=1S/C12H19N3O3/c1-14(9-10-15-8-4-7-13-15)11(16)5-2-3-6-12(17)18/h4,7-8H,2-3,5-6,9-10H2,1H3,(H,17,18). The minimum Gasteiger partial charge on any atom is -0.481 e. The summed E-state index contributed by atoms with van der Waals surface area (Å²) in [5.41, 5.74) is 0. The lowest BCUT2D eigenvalue weighted by atomic mass is 10.2. The third-order valence-corrected chi connectivity index (χ3v) is 2.68. The molecule has 6 heteroatoms. The van der Waals surface area contributed by atoms with Crippen LogP contribution in [0.15, 0.2) is 18.5 Å². The molecule has 0 saturated heterocycles. The Hall–Kier alpha value is -1.85. The van der Waals surface area contributed by atoms with Crippen LogP contribution in [0.25, 0.3) is 0 Å². The second-order valence-electron chi connectivity index (χ2n) is 4.19. The van der Waals surface area contributed by atoms with Gasteiger partial charge in [0.25, 0.3) is 0 Å². The molecule has 1 aromatic rings. The second-order valence-corrected chi connectivity index (χ2v) is 4.19. The lowest BCUT2D eigenvalue weighted by Crippen LogP contribution is -2.30. The number of likely N-dealkylation sites (N-methyl/N-ethyl adjacent to an activating group) is 1. The van der Waals surface area contributed by atoms with Gasteiger partial charge in [-0.1, -0.05) is 0 Å². The molecular formula is C12H19N3O3. The molecule has 0 radical (unpaired) electrons. The van der Waals surface area contributed by atoms with Crippen LogP contribution in [0.2, 0.25) is 0 Å². The minimum atomic E-state index is -0.811. The summed E-state index contributed by atoms with van der Waals surface area (Å²) >= 11 is 0. The molecule has 18 heavy (non-hydrogen) atoms. The maximum atomic E-state index is 11.7. The van der Waals surface area contributed by atoms with Crippen LogP contribution in [0.3, 0.4) is 0 Å². The number of carbonyl (C=O) groups excluding carboxylic acids is 1. The summed E-state index contributed by atoms with van der Waals surface area (Å²) in [5, 5.41) is 12.5. The zero-order valence-corrected chi connectivity index (χ0v) is 10.6. The zero-order valence-electron chi connectivity index (χ0n) is 10.6. The van der Waals surface area contributed by atoms with Crippen molar-refractivity contribution in [3.63, 3.8) is 0 Å². The number of carbonyl (C=O) groups is 2. The molecule has 1 rings (SSSR count). The monoisotopic (exact) mass is 253 g/mol. The number of carboxylic acid groups (broad SMARTS) is 1. The fourth-order valence-electron chi connectivity index (χ4n) is 1.55. The number of aliphatic carboxylic acids is 1. The molecule has 100 valence electrons. The summed E-state index contributed by atoms with van der Waals surface area (Å²) in [7, 11) is 1.75. The molecule has 0 aromatic carbocycles. The van der Waals surface area contributed by atoms with Gasteiger partial charge >= 0.3 is 5.97 Å². The highest BCUT2D eigenvalue weighted by atomic mass is 16.4. The van der Waals surface area contributed by atoms with Crippen LogP contribution in [0.4, 0.5) is 0 Å². The van der Waals surface area contributed by atoms with E-state index in [0.29, 0.717) is 32.4 Å². The van der Waals surface area contributed by atoms with E-state index in [1.54, 1.807) is 22.8 Å². The predicted molar refractivity (Wildman–Crippen MR) is 66.0 cm³/mol. The summed E-state index contributed by atoms with van der Waals surface area (Å²) in [6.07, 6.45) is 5.26. The molecule has 0 atom stereocenters. The molecule has 0 unspecified atom stereocenters. The Morgan fingerprint density at radius 1 is 1.33 bits per heavy atom. The Labute approximate surface area is 106 Å². The van der Waals surface area contributed by atoms with E-state index >= 15 is 0 Å². The lowest BCUT2D eigenvalue weighted by molar-refractivity contribution is -0.137. The molecule has 0 saturated carbocycles. The number of rotatable bonds is 8. The van der Waals surface area contributed by atoms with E-state index in [-0.39, 0.29) is 12.3 Å². The van der Waals surface area contributed by atoms with Crippen LogP contribution in [0.5, 0.6) is 0 Å². The third kappa shape index (κ3) is 5.47. The maximum Gasteiger partial charge on any atom is 0.303 e. The number of unbranched alkanes of at least 4 members (excludes halogenated alkanes) is 1. The van der Waals surface area contributed by atoms with Crippen molar-refractivity contribution >= 4 is 11.9 Å². The van der Waals surface area contributed by atoms with E-state index in [4.69, 9.17) is 5.11 Å². The SMILES string of the molecule is CN(CCn1cccn1)C(=O)CCCCC(=O)O. The van der Waals surface area contributed by atoms with Crippen LogP contribution in [0.1, 0.15) is 25.7 Å². The Morgan fingerprint density at radius 3 is 2.67 bits per heavy atom. The van der Waals surface area contributed by atoms with Crippen molar-refractivity contribution in [3.05, 3.63) is 18.5 Å². The molecule has 1 aromatic heterocycles. The highest BCUT2D eigenvalue weighted by molar-refractivity contribution is 5.75. The van der Waals surface area contributed by atoms with E-state index in [1.807, 2.05) is 12.3 Å². The molecule has 0 aliphatic carbocycles. The van der Waals surface area contributed by atoms with Crippen molar-refractivity contribution in [2.45, 2.75) is 32.2 Å². The molecule has 0 spiro atoms. The van der Waals surface area contributed by atoms with E-state index in [9.17, 15) is 9.59 Å². The average molecular weight is 253 g/mol. The first-order valence-corrected chi connectivity index (χ1v) is 6.03. The largest absolute Gasteiger partial charge is 0.481 e. The van der Waals surface area contributed by atoms with Crippen LogP contribution < -0.4 is 0 Å². The average Bonchev–Trinajstić information content (AvgIpc) is 2.84. The van der Waals surface area contributed by atoms with Crippen molar-refractivity contribution in [3.8, 4) is 0 Å². The Morgan fingerprint density at radius 2 is 2.06 bits per heavy atom. The van der Waals surface area contributed by atoms with Gasteiger partial charge in [-0.2, -0.15) is 5.10 Å². The lowest BCUT2D eigenvalue weighted by Gasteiger charge is -2.16. The molecule has 1 heterocycles. The summed E-state index contributed by atoms with van der Waals surface area (Å²) < 4.78 is 1.77.